The van der Waals surface area contributed by atoms with E-state index in [0.717, 1.165) is 12.1 Å². The normalized spacial score (nSPS) is 16.4. The van der Waals surface area contributed by atoms with Gasteiger partial charge in [0.1, 0.15) is 41.4 Å². The topological polar surface area (TPSA) is 134 Å². The lowest BCUT2D eigenvalue weighted by atomic mass is 10.1. The van der Waals surface area contributed by atoms with E-state index >= 15 is 0 Å². The number of rotatable bonds is 8. The lowest BCUT2D eigenvalue weighted by Gasteiger charge is -2.26. The molecule has 5 rings (SSSR count). The second-order valence-corrected chi connectivity index (χ2v) is 11.8. The Labute approximate surface area is 233 Å². The first-order valence-corrected chi connectivity index (χ1v) is 14.1. The highest BCUT2D eigenvalue weighted by atomic mass is 35.5. The summed E-state index contributed by atoms with van der Waals surface area (Å²) in [5.41, 5.74) is 0.508. The van der Waals surface area contributed by atoms with E-state index < -0.39 is 39.1 Å². The van der Waals surface area contributed by atoms with E-state index in [1.807, 2.05) is 0 Å². The van der Waals surface area contributed by atoms with Crippen molar-refractivity contribution < 1.29 is 26.7 Å². The second-order valence-electron chi connectivity index (χ2n) is 9.30. The van der Waals surface area contributed by atoms with Crippen molar-refractivity contribution in [2.45, 2.75) is 44.3 Å². The molecular formula is C25H24ClF2N7O4S. The van der Waals surface area contributed by atoms with Gasteiger partial charge in [0, 0.05) is 30.2 Å². The van der Waals surface area contributed by atoms with Crippen LogP contribution in [0.1, 0.15) is 44.3 Å². The Morgan fingerprint density at radius 1 is 1.12 bits per heavy atom. The SMILES string of the molecule is CC(C)O[C@@H](c1ncc(Cl)cn1)[C@H](C)S(=O)(=O)Nc1nnc2n1[C@H](c1ccc(F)cc1F)COc1cnccc1-2. The van der Waals surface area contributed by atoms with Crippen molar-refractivity contribution >= 4 is 27.6 Å². The first-order chi connectivity index (χ1) is 19.0. The van der Waals surface area contributed by atoms with E-state index in [1.54, 1.807) is 19.9 Å². The van der Waals surface area contributed by atoms with Gasteiger partial charge in [-0.05, 0) is 32.9 Å². The molecule has 210 valence electrons. The number of benzene rings is 1. The summed E-state index contributed by atoms with van der Waals surface area (Å²) >= 11 is 5.91. The van der Waals surface area contributed by atoms with Crippen LogP contribution in [0.25, 0.3) is 11.4 Å². The van der Waals surface area contributed by atoms with Crippen molar-refractivity contribution in [2.75, 3.05) is 11.3 Å². The summed E-state index contributed by atoms with van der Waals surface area (Å²) in [6.45, 7) is 4.80. The third-order valence-corrected chi connectivity index (χ3v) is 8.10. The molecule has 0 saturated heterocycles. The summed E-state index contributed by atoms with van der Waals surface area (Å²) in [6, 6.07) is 3.76. The van der Waals surface area contributed by atoms with Gasteiger partial charge >= 0.3 is 0 Å². The minimum atomic E-state index is -4.25. The molecule has 4 heterocycles. The number of hydrogen-bond acceptors (Lipinski definition) is 9. The molecule has 4 aromatic rings. The molecule has 0 bridgehead atoms. The zero-order valence-corrected chi connectivity index (χ0v) is 23.1. The molecule has 1 aliphatic rings. The Hall–Kier alpha value is -3.75. The smallest absolute Gasteiger partial charge is 0.240 e. The first kappa shape index (κ1) is 27.8. The van der Waals surface area contributed by atoms with Crippen LogP contribution >= 0.6 is 11.6 Å². The average Bonchev–Trinajstić information content (AvgIpc) is 3.23. The molecule has 1 N–H and O–H groups in total. The van der Waals surface area contributed by atoms with Crippen LogP contribution in [0, 0.1) is 11.6 Å². The predicted molar refractivity (Wildman–Crippen MR) is 141 cm³/mol. The standard InChI is InChI=1S/C25H24ClF2N7O4S/c1-13(2)39-22(23-30-9-15(26)10-31-23)14(3)40(36,37)34-25-33-32-24-18-6-7-29-11-21(18)38-12-20(35(24)25)17-5-4-16(27)8-19(17)28/h4-11,13-14,20,22H,12H2,1-3H3,(H,33,34)/t14-,20-,22+/m0/s1. The van der Waals surface area contributed by atoms with Crippen molar-refractivity contribution in [3.8, 4) is 17.1 Å². The van der Waals surface area contributed by atoms with Crippen LogP contribution in [0.5, 0.6) is 5.75 Å². The summed E-state index contributed by atoms with van der Waals surface area (Å²) in [7, 11) is -4.25. The summed E-state index contributed by atoms with van der Waals surface area (Å²) in [5.74, 6) is -1.15. The summed E-state index contributed by atoms with van der Waals surface area (Å²) in [5, 5.41) is 7.35. The highest BCUT2D eigenvalue weighted by Gasteiger charge is 2.37. The molecule has 1 aromatic carbocycles. The average molecular weight is 592 g/mol. The number of hydrogen-bond donors (Lipinski definition) is 1. The molecule has 0 amide bonds. The van der Waals surface area contributed by atoms with Gasteiger partial charge in [-0.2, -0.15) is 0 Å². The summed E-state index contributed by atoms with van der Waals surface area (Å²) in [6.07, 6.45) is 4.23. The van der Waals surface area contributed by atoms with Crippen molar-refractivity contribution in [1.29, 1.82) is 0 Å². The van der Waals surface area contributed by atoms with Gasteiger partial charge in [-0.3, -0.25) is 14.3 Å². The quantitative estimate of drug-likeness (QED) is 0.317. The number of fused-ring (bicyclic) bond motifs is 3. The Morgan fingerprint density at radius 3 is 2.58 bits per heavy atom. The van der Waals surface area contributed by atoms with E-state index in [-0.39, 0.29) is 40.9 Å². The molecule has 11 nitrogen and oxygen atoms in total. The van der Waals surface area contributed by atoms with Crippen molar-refractivity contribution in [1.82, 2.24) is 29.7 Å². The molecule has 0 unspecified atom stereocenters. The van der Waals surface area contributed by atoms with Crippen LogP contribution in [0.2, 0.25) is 5.02 Å². The Bertz CT molecular complexity index is 1640. The number of nitrogens with one attached hydrogen (secondary N) is 1. The molecular weight excluding hydrogens is 568 g/mol. The number of halogens is 3. The second kappa shape index (κ2) is 11.0. The summed E-state index contributed by atoms with van der Waals surface area (Å²) < 4.78 is 71.8. The number of aromatic nitrogens is 6. The van der Waals surface area contributed by atoms with Crippen molar-refractivity contribution in [3.05, 3.63) is 77.1 Å². The molecule has 0 fully saturated rings. The first-order valence-electron chi connectivity index (χ1n) is 12.2. The number of sulfonamides is 1. The fourth-order valence-electron chi connectivity index (χ4n) is 4.29. The molecule has 15 heteroatoms. The molecule has 3 aromatic heterocycles. The van der Waals surface area contributed by atoms with Gasteiger partial charge in [0.2, 0.25) is 16.0 Å². The molecule has 0 radical (unpaired) electrons. The zero-order valence-electron chi connectivity index (χ0n) is 21.5. The monoisotopic (exact) mass is 591 g/mol. The van der Waals surface area contributed by atoms with Gasteiger partial charge < -0.3 is 9.47 Å². The molecule has 0 saturated carbocycles. The fraction of sp³-hybridized carbons (Fsp3) is 0.320. The van der Waals surface area contributed by atoms with Gasteiger partial charge in [-0.25, -0.2) is 27.2 Å². The van der Waals surface area contributed by atoms with E-state index in [0.29, 0.717) is 11.3 Å². The van der Waals surface area contributed by atoms with Crippen molar-refractivity contribution in [2.24, 2.45) is 0 Å². The number of nitrogens with zero attached hydrogens (tertiary/aromatic N) is 6. The molecule has 0 spiro atoms. The van der Waals surface area contributed by atoms with Crippen LogP contribution < -0.4 is 9.46 Å². The van der Waals surface area contributed by atoms with Gasteiger partial charge in [0.15, 0.2) is 11.6 Å². The maximum atomic E-state index is 15.0. The predicted octanol–water partition coefficient (Wildman–Crippen LogP) is 4.34. The Kier molecular flexibility index (Phi) is 7.66. The van der Waals surface area contributed by atoms with Crippen molar-refractivity contribution in [3.63, 3.8) is 0 Å². The van der Waals surface area contributed by atoms with E-state index in [9.17, 15) is 17.2 Å². The molecule has 3 atom stereocenters. The molecule has 1 aliphatic heterocycles. The number of anilines is 1. The van der Waals surface area contributed by atoms with E-state index in [4.69, 9.17) is 21.1 Å². The molecule has 40 heavy (non-hydrogen) atoms. The minimum Gasteiger partial charge on any atom is -0.489 e. The van der Waals surface area contributed by atoms with Gasteiger partial charge in [0.05, 0.1) is 22.9 Å². The number of ether oxygens (including phenoxy) is 2. The van der Waals surface area contributed by atoms with Crippen LogP contribution in [-0.2, 0) is 14.8 Å². The van der Waals surface area contributed by atoms with Crippen LogP contribution in [0.15, 0.2) is 49.1 Å². The fourth-order valence-corrected chi connectivity index (χ4v) is 5.48. The number of pyridine rings is 1. The maximum Gasteiger partial charge on any atom is 0.240 e. The highest BCUT2D eigenvalue weighted by molar-refractivity contribution is 7.93. The molecule has 0 aliphatic carbocycles. The van der Waals surface area contributed by atoms with Gasteiger partial charge in [0.25, 0.3) is 0 Å². The maximum absolute atomic E-state index is 15.0. The highest BCUT2D eigenvalue weighted by Crippen LogP contribution is 2.39. The lowest BCUT2D eigenvalue weighted by Crippen LogP contribution is -2.35. The Morgan fingerprint density at radius 2 is 1.88 bits per heavy atom. The van der Waals surface area contributed by atoms with Crippen LogP contribution in [-0.4, -0.2) is 56.1 Å². The van der Waals surface area contributed by atoms with E-state index in [2.05, 4.69) is 29.9 Å². The van der Waals surface area contributed by atoms with Crippen LogP contribution in [0.3, 0.4) is 0 Å². The van der Waals surface area contributed by atoms with Gasteiger partial charge in [-0.15, -0.1) is 10.2 Å². The Balaban J connectivity index is 1.58. The lowest BCUT2D eigenvalue weighted by molar-refractivity contribution is 0.00154. The van der Waals surface area contributed by atoms with Crippen LogP contribution in [0.4, 0.5) is 14.7 Å². The third kappa shape index (κ3) is 5.46. The minimum absolute atomic E-state index is 0.0484. The zero-order chi connectivity index (χ0) is 28.6. The van der Waals surface area contributed by atoms with Gasteiger partial charge in [-0.1, -0.05) is 17.7 Å². The third-order valence-electron chi connectivity index (χ3n) is 6.21. The van der Waals surface area contributed by atoms with E-state index in [1.165, 1.54) is 42.3 Å². The largest absolute Gasteiger partial charge is 0.489 e. The summed E-state index contributed by atoms with van der Waals surface area (Å²) in [4.78, 5) is 12.4.